The number of anilines is 2. The highest BCUT2D eigenvalue weighted by Gasteiger charge is 2.27. The molecule has 0 saturated carbocycles. The fraction of sp³-hybridized carbons (Fsp3) is 0.0556. The molecule has 0 aliphatic carbocycles. The molecule has 0 bridgehead atoms. The smallest absolute Gasteiger partial charge is 0.269 e. The van der Waals surface area contributed by atoms with E-state index in [1.54, 1.807) is 29.9 Å². The van der Waals surface area contributed by atoms with Gasteiger partial charge in [0.05, 0.1) is 9.95 Å². The van der Waals surface area contributed by atoms with Crippen molar-refractivity contribution in [3.8, 4) is 5.75 Å². The van der Waals surface area contributed by atoms with E-state index in [1.165, 1.54) is 41.3 Å². The van der Waals surface area contributed by atoms with Gasteiger partial charge in [-0.1, -0.05) is 23.2 Å². The number of benzene rings is 2. The molecule has 0 saturated heterocycles. The first-order chi connectivity index (χ1) is 12.8. The summed E-state index contributed by atoms with van der Waals surface area (Å²) in [6.45, 7) is 0. The van der Waals surface area contributed by atoms with E-state index in [9.17, 15) is 20.0 Å². The number of nitrogens with zero attached hydrogens (tertiary/aromatic N) is 3. The number of aryl methyl sites for hydroxylation is 1. The topological polar surface area (TPSA) is 88.6 Å². The molecule has 0 aliphatic heterocycles. The number of phenolic OH excluding ortho intramolecular Hbond substituents is 1. The molecule has 1 N–H and O–H groups in total. The SMILES string of the molecule is Cn1cccc1N(C(=O)c1ccc([N+](=O)[O-])cc1)c1c(O)cc(Cl)cc1Cl. The van der Waals surface area contributed by atoms with E-state index in [0.717, 1.165) is 0 Å². The summed E-state index contributed by atoms with van der Waals surface area (Å²) >= 11 is 12.2. The van der Waals surface area contributed by atoms with Crippen molar-refractivity contribution in [2.45, 2.75) is 0 Å². The number of carbonyl (C=O) groups is 1. The molecule has 1 aromatic heterocycles. The molecule has 0 aliphatic rings. The van der Waals surface area contributed by atoms with E-state index in [1.807, 2.05) is 0 Å². The zero-order chi connectivity index (χ0) is 19.7. The molecule has 27 heavy (non-hydrogen) atoms. The Kier molecular flexibility index (Phi) is 5.07. The number of halogens is 2. The lowest BCUT2D eigenvalue weighted by molar-refractivity contribution is -0.384. The number of hydrogen-bond donors (Lipinski definition) is 1. The number of rotatable bonds is 4. The van der Waals surface area contributed by atoms with Crippen LogP contribution in [-0.2, 0) is 7.05 Å². The largest absolute Gasteiger partial charge is 0.506 e. The number of aromatic hydroxyl groups is 1. The Morgan fingerprint density at radius 2 is 1.85 bits per heavy atom. The predicted molar refractivity (Wildman–Crippen MR) is 103 cm³/mol. The maximum absolute atomic E-state index is 13.2. The summed E-state index contributed by atoms with van der Waals surface area (Å²) in [5.74, 6) is -0.354. The van der Waals surface area contributed by atoms with Crippen molar-refractivity contribution in [3.05, 3.63) is 80.5 Å². The summed E-state index contributed by atoms with van der Waals surface area (Å²) in [4.78, 5) is 24.7. The molecule has 0 fully saturated rings. The molecule has 2 aromatic carbocycles. The standard InChI is InChI=1S/C18H13Cl2N3O4/c1-21-8-2-3-16(21)22(17-14(20)9-12(19)10-15(17)24)18(25)11-4-6-13(7-5-11)23(26)27/h2-10,24H,1H3. The van der Waals surface area contributed by atoms with E-state index in [0.29, 0.717) is 5.82 Å². The van der Waals surface area contributed by atoms with Crippen molar-refractivity contribution in [3.63, 3.8) is 0 Å². The number of phenols is 1. The van der Waals surface area contributed by atoms with Gasteiger partial charge in [0.1, 0.15) is 17.3 Å². The average Bonchev–Trinajstić information content (AvgIpc) is 3.03. The van der Waals surface area contributed by atoms with Crippen molar-refractivity contribution in [2.24, 2.45) is 7.05 Å². The Morgan fingerprint density at radius 3 is 2.37 bits per heavy atom. The van der Waals surface area contributed by atoms with Gasteiger partial charge in [-0.25, -0.2) is 0 Å². The number of hydrogen-bond acceptors (Lipinski definition) is 4. The van der Waals surface area contributed by atoms with Gasteiger partial charge in [0.25, 0.3) is 11.6 Å². The summed E-state index contributed by atoms with van der Waals surface area (Å²) < 4.78 is 1.67. The lowest BCUT2D eigenvalue weighted by Gasteiger charge is -2.25. The van der Waals surface area contributed by atoms with Gasteiger partial charge >= 0.3 is 0 Å². The van der Waals surface area contributed by atoms with Gasteiger partial charge in [-0.15, -0.1) is 0 Å². The number of carbonyl (C=O) groups excluding carboxylic acids is 1. The van der Waals surface area contributed by atoms with Crippen LogP contribution >= 0.6 is 23.2 Å². The van der Waals surface area contributed by atoms with Gasteiger partial charge in [0.2, 0.25) is 0 Å². The monoisotopic (exact) mass is 405 g/mol. The van der Waals surface area contributed by atoms with Crippen LogP contribution in [0.4, 0.5) is 17.2 Å². The molecule has 1 heterocycles. The van der Waals surface area contributed by atoms with Crippen molar-refractivity contribution < 1.29 is 14.8 Å². The molecule has 3 rings (SSSR count). The highest BCUT2D eigenvalue weighted by molar-refractivity contribution is 6.37. The van der Waals surface area contributed by atoms with Gasteiger partial charge in [-0.3, -0.25) is 19.8 Å². The molecule has 0 atom stereocenters. The van der Waals surface area contributed by atoms with E-state index in [2.05, 4.69) is 0 Å². The lowest BCUT2D eigenvalue weighted by atomic mass is 10.1. The fourth-order valence-corrected chi connectivity index (χ4v) is 3.20. The Labute approximate surface area is 164 Å². The van der Waals surface area contributed by atoms with Crippen molar-refractivity contribution in [1.29, 1.82) is 0 Å². The molecule has 0 unspecified atom stereocenters. The number of amides is 1. The Bertz CT molecular complexity index is 1010. The van der Waals surface area contributed by atoms with Gasteiger partial charge in [-0.2, -0.15) is 0 Å². The van der Waals surface area contributed by atoms with E-state index >= 15 is 0 Å². The van der Waals surface area contributed by atoms with Crippen molar-refractivity contribution in [2.75, 3.05) is 4.90 Å². The first-order valence-electron chi connectivity index (χ1n) is 7.68. The summed E-state index contributed by atoms with van der Waals surface area (Å²) in [5.41, 5.74) is 0.114. The van der Waals surface area contributed by atoms with Crippen LogP contribution in [0.1, 0.15) is 10.4 Å². The molecule has 3 aromatic rings. The van der Waals surface area contributed by atoms with Crippen LogP contribution < -0.4 is 4.90 Å². The highest BCUT2D eigenvalue weighted by Crippen LogP contribution is 2.42. The third-order valence-corrected chi connectivity index (χ3v) is 4.41. The molecular weight excluding hydrogens is 393 g/mol. The molecule has 0 radical (unpaired) electrons. The number of nitro groups is 1. The van der Waals surface area contributed by atoms with Gasteiger partial charge in [0.15, 0.2) is 0 Å². The Hall–Kier alpha value is -3.03. The number of nitro benzene ring substituents is 1. The fourth-order valence-electron chi connectivity index (χ4n) is 2.63. The second-order valence-electron chi connectivity index (χ2n) is 5.68. The second kappa shape index (κ2) is 7.30. The van der Waals surface area contributed by atoms with Crippen LogP contribution in [-0.4, -0.2) is 20.5 Å². The summed E-state index contributed by atoms with van der Waals surface area (Å²) in [6, 6.07) is 11.3. The van der Waals surface area contributed by atoms with Crippen LogP contribution in [0.5, 0.6) is 5.75 Å². The minimum Gasteiger partial charge on any atom is -0.506 e. The quantitative estimate of drug-likeness (QED) is 0.492. The molecule has 7 nitrogen and oxygen atoms in total. The summed E-state index contributed by atoms with van der Waals surface area (Å²) in [6.07, 6.45) is 1.73. The van der Waals surface area contributed by atoms with E-state index < -0.39 is 10.8 Å². The molecule has 1 amide bonds. The predicted octanol–water partition coefficient (Wildman–Crippen LogP) is 4.92. The van der Waals surface area contributed by atoms with Crippen LogP contribution in [0.15, 0.2) is 54.7 Å². The summed E-state index contributed by atoms with van der Waals surface area (Å²) in [5, 5.41) is 21.5. The minimum atomic E-state index is -0.550. The van der Waals surface area contributed by atoms with E-state index in [-0.39, 0.29) is 32.7 Å². The van der Waals surface area contributed by atoms with Gasteiger partial charge in [-0.05, 0) is 30.3 Å². The third kappa shape index (κ3) is 3.60. The number of non-ortho nitro benzene ring substituents is 1. The molecule has 9 heteroatoms. The zero-order valence-corrected chi connectivity index (χ0v) is 15.5. The second-order valence-corrected chi connectivity index (χ2v) is 6.52. The van der Waals surface area contributed by atoms with Gasteiger partial charge in [0, 0.05) is 42.0 Å². The normalized spacial score (nSPS) is 10.6. The molecule has 0 spiro atoms. The van der Waals surface area contributed by atoms with Crippen LogP contribution in [0, 0.1) is 10.1 Å². The Balaban J connectivity index is 2.15. The van der Waals surface area contributed by atoms with Crippen molar-refractivity contribution in [1.82, 2.24) is 4.57 Å². The van der Waals surface area contributed by atoms with Gasteiger partial charge < -0.3 is 9.67 Å². The lowest BCUT2D eigenvalue weighted by Crippen LogP contribution is -2.28. The minimum absolute atomic E-state index is 0.0613. The maximum Gasteiger partial charge on any atom is 0.269 e. The van der Waals surface area contributed by atoms with Crippen LogP contribution in [0.2, 0.25) is 10.0 Å². The maximum atomic E-state index is 13.2. The van der Waals surface area contributed by atoms with Crippen LogP contribution in [0.25, 0.3) is 0 Å². The molecule has 138 valence electrons. The molecular formula is C18H13Cl2N3O4. The average molecular weight is 406 g/mol. The van der Waals surface area contributed by atoms with E-state index in [4.69, 9.17) is 23.2 Å². The summed E-state index contributed by atoms with van der Waals surface area (Å²) in [7, 11) is 1.73. The highest BCUT2D eigenvalue weighted by atomic mass is 35.5. The Morgan fingerprint density at radius 1 is 1.19 bits per heavy atom. The van der Waals surface area contributed by atoms with Crippen molar-refractivity contribution >= 4 is 46.3 Å². The first kappa shape index (κ1) is 18.8. The van der Waals surface area contributed by atoms with Crippen LogP contribution in [0.3, 0.4) is 0 Å². The first-order valence-corrected chi connectivity index (χ1v) is 8.43. The zero-order valence-electron chi connectivity index (χ0n) is 14.0. The number of aromatic nitrogens is 1. The third-order valence-electron chi connectivity index (χ3n) is 3.91.